The van der Waals surface area contributed by atoms with Crippen molar-refractivity contribution in [2.24, 2.45) is 7.05 Å². The Hall–Kier alpha value is -2.59. The zero-order chi connectivity index (χ0) is 21.6. The molecule has 10 heteroatoms. The highest BCUT2D eigenvalue weighted by Gasteiger charge is 2.29. The van der Waals surface area contributed by atoms with Gasteiger partial charge in [0.1, 0.15) is 10.6 Å². The van der Waals surface area contributed by atoms with E-state index in [4.69, 9.17) is 4.74 Å². The van der Waals surface area contributed by atoms with Crippen LogP contribution in [0.4, 0.5) is 10.5 Å². The molecule has 1 aromatic carbocycles. The van der Waals surface area contributed by atoms with E-state index in [-0.39, 0.29) is 17.5 Å². The van der Waals surface area contributed by atoms with E-state index in [9.17, 15) is 13.2 Å². The van der Waals surface area contributed by atoms with Gasteiger partial charge in [0.2, 0.25) is 10.0 Å². The first-order valence-corrected chi connectivity index (χ1v) is 11.6. The van der Waals surface area contributed by atoms with E-state index >= 15 is 0 Å². The van der Waals surface area contributed by atoms with E-state index in [1.165, 1.54) is 21.4 Å². The first-order chi connectivity index (χ1) is 14.4. The summed E-state index contributed by atoms with van der Waals surface area (Å²) in [4.78, 5) is 14.5. The van der Waals surface area contributed by atoms with Gasteiger partial charge in [-0.05, 0) is 37.1 Å². The van der Waals surface area contributed by atoms with E-state index in [0.717, 1.165) is 18.6 Å². The van der Waals surface area contributed by atoms with E-state index in [1.807, 2.05) is 12.1 Å². The highest BCUT2D eigenvalue weighted by molar-refractivity contribution is 7.89. The first kappa shape index (κ1) is 22.1. The zero-order valence-electron chi connectivity index (χ0n) is 17.5. The molecule has 2 amide bonds. The Bertz CT molecular complexity index is 942. The Labute approximate surface area is 177 Å². The number of hydrogen-bond donors (Lipinski definition) is 1. The summed E-state index contributed by atoms with van der Waals surface area (Å²) in [5.41, 5.74) is 0.673. The molecule has 1 aromatic heterocycles. The fourth-order valence-corrected chi connectivity index (χ4v) is 4.65. The average Bonchev–Trinajstić information content (AvgIpc) is 3.01. The second-order valence-electron chi connectivity index (χ2n) is 7.25. The lowest BCUT2D eigenvalue weighted by Gasteiger charge is -2.22. The van der Waals surface area contributed by atoms with E-state index in [0.29, 0.717) is 38.3 Å². The van der Waals surface area contributed by atoms with Gasteiger partial charge in [-0.25, -0.2) is 13.2 Å². The molecule has 1 saturated heterocycles. The molecule has 1 aliphatic heterocycles. The number of urea groups is 1. The van der Waals surface area contributed by atoms with Gasteiger partial charge in [0.05, 0.1) is 12.8 Å². The van der Waals surface area contributed by atoms with Crippen molar-refractivity contribution < 1.29 is 17.9 Å². The van der Waals surface area contributed by atoms with Crippen LogP contribution in [-0.2, 0) is 17.1 Å². The molecule has 0 saturated carbocycles. The Morgan fingerprint density at radius 2 is 1.93 bits per heavy atom. The van der Waals surface area contributed by atoms with Crippen molar-refractivity contribution in [2.45, 2.75) is 31.1 Å². The van der Waals surface area contributed by atoms with Crippen LogP contribution in [0.3, 0.4) is 0 Å². The quantitative estimate of drug-likeness (QED) is 0.674. The second kappa shape index (κ2) is 9.94. The summed E-state index contributed by atoms with van der Waals surface area (Å²) in [7, 11) is -1.93. The zero-order valence-corrected chi connectivity index (χ0v) is 18.3. The van der Waals surface area contributed by atoms with Gasteiger partial charge < -0.3 is 15.0 Å². The number of hydrogen-bond acceptors (Lipinski definition) is 5. The largest absolute Gasteiger partial charge is 0.494 e. The fourth-order valence-electron chi connectivity index (χ4n) is 3.19. The maximum absolute atomic E-state index is 12.8. The molecule has 3 rings (SSSR count). The van der Waals surface area contributed by atoms with Crippen LogP contribution in [0.5, 0.6) is 5.75 Å². The highest BCUT2D eigenvalue weighted by atomic mass is 32.2. The molecule has 0 atom stereocenters. The van der Waals surface area contributed by atoms with Crippen LogP contribution in [0.25, 0.3) is 0 Å². The highest BCUT2D eigenvalue weighted by Crippen LogP contribution is 2.19. The lowest BCUT2D eigenvalue weighted by Crippen LogP contribution is -2.39. The minimum absolute atomic E-state index is 0.171. The Morgan fingerprint density at radius 3 is 2.60 bits per heavy atom. The normalized spacial score (nSPS) is 15.6. The number of aryl methyl sites for hydroxylation is 1. The van der Waals surface area contributed by atoms with E-state index in [1.54, 1.807) is 24.1 Å². The number of aromatic nitrogens is 2. The van der Waals surface area contributed by atoms with Crippen LogP contribution in [0, 0.1) is 0 Å². The van der Waals surface area contributed by atoms with Crippen molar-refractivity contribution in [2.75, 3.05) is 38.1 Å². The van der Waals surface area contributed by atoms with Gasteiger partial charge >= 0.3 is 6.03 Å². The van der Waals surface area contributed by atoms with Gasteiger partial charge in [-0.2, -0.15) is 9.40 Å². The monoisotopic (exact) mass is 435 g/mol. The van der Waals surface area contributed by atoms with Gasteiger partial charge in [-0.1, -0.05) is 13.3 Å². The van der Waals surface area contributed by atoms with Crippen molar-refractivity contribution >= 4 is 21.7 Å². The summed E-state index contributed by atoms with van der Waals surface area (Å²) in [5.74, 6) is 0.771. The molecular formula is C20H29N5O4S. The number of nitrogens with one attached hydrogen (secondary N) is 1. The van der Waals surface area contributed by atoms with Gasteiger partial charge in [0.15, 0.2) is 0 Å². The number of benzene rings is 1. The lowest BCUT2D eigenvalue weighted by atomic mass is 10.3. The number of sulfonamides is 1. The third kappa shape index (κ3) is 5.51. The third-order valence-electron chi connectivity index (χ3n) is 4.93. The SMILES string of the molecule is CCCCOc1ccc(NC(=O)N2CCCN(S(=O)(=O)c3cnn(C)c3)CC2)cc1. The number of ether oxygens (including phenoxy) is 1. The summed E-state index contributed by atoms with van der Waals surface area (Å²) in [6, 6.07) is 7.02. The molecule has 0 bridgehead atoms. The number of rotatable bonds is 7. The Balaban J connectivity index is 1.55. The van der Waals surface area contributed by atoms with Gasteiger partial charge in [-0.3, -0.25) is 4.68 Å². The van der Waals surface area contributed by atoms with Crippen LogP contribution in [0.1, 0.15) is 26.2 Å². The molecule has 0 radical (unpaired) electrons. The molecule has 30 heavy (non-hydrogen) atoms. The van der Waals surface area contributed by atoms with Crippen molar-refractivity contribution in [3.63, 3.8) is 0 Å². The molecule has 164 valence electrons. The molecule has 1 fully saturated rings. The average molecular weight is 436 g/mol. The van der Waals surface area contributed by atoms with Crippen LogP contribution >= 0.6 is 0 Å². The molecule has 0 spiro atoms. The van der Waals surface area contributed by atoms with Gasteiger partial charge in [0, 0.05) is 45.1 Å². The summed E-state index contributed by atoms with van der Waals surface area (Å²) in [5, 5.41) is 6.82. The van der Waals surface area contributed by atoms with Crippen LogP contribution in [0.15, 0.2) is 41.6 Å². The van der Waals surface area contributed by atoms with Crippen LogP contribution in [-0.4, -0.2) is 66.2 Å². The molecule has 0 unspecified atom stereocenters. The summed E-state index contributed by atoms with van der Waals surface area (Å²) in [6.45, 7) is 4.21. The maximum atomic E-state index is 12.8. The molecule has 2 heterocycles. The summed E-state index contributed by atoms with van der Waals surface area (Å²) >= 11 is 0. The molecule has 0 aliphatic carbocycles. The van der Waals surface area contributed by atoms with Gasteiger partial charge in [0.25, 0.3) is 0 Å². The van der Waals surface area contributed by atoms with E-state index in [2.05, 4.69) is 17.3 Å². The minimum Gasteiger partial charge on any atom is -0.494 e. The predicted octanol–water partition coefficient (Wildman–Crippen LogP) is 2.53. The molecule has 9 nitrogen and oxygen atoms in total. The number of nitrogens with zero attached hydrogens (tertiary/aromatic N) is 4. The standard InChI is InChI=1S/C20H29N5O4S/c1-3-4-14-29-18-8-6-17(7-9-18)22-20(26)24-10-5-11-25(13-12-24)30(27,28)19-15-21-23(2)16-19/h6-9,15-16H,3-5,10-14H2,1-2H3,(H,22,26). The van der Waals surface area contributed by atoms with E-state index < -0.39 is 10.0 Å². The third-order valence-corrected chi connectivity index (χ3v) is 6.78. The van der Waals surface area contributed by atoms with Crippen molar-refractivity contribution in [1.29, 1.82) is 0 Å². The minimum atomic E-state index is -3.61. The first-order valence-electron chi connectivity index (χ1n) is 10.2. The van der Waals surface area contributed by atoms with Crippen molar-refractivity contribution in [3.05, 3.63) is 36.7 Å². The molecule has 1 aliphatic rings. The Kier molecular flexibility index (Phi) is 7.33. The van der Waals surface area contributed by atoms with Crippen molar-refractivity contribution in [3.8, 4) is 5.75 Å². The lowest BCUT2D eigenvalue weighted by molar-refractivity contribution is 0.214. The topological polar surface area (TPSA) is 96.8 Å². The second-order valence-corrected chi connectivity index (χ2v) is 9.19. The summed E-state index contributed by atoms with van der Waals surface area (Å²) < 4.78 is 34.1. The molecule has 2 aromatic rings. The predicted molar refractivity (Wildman–Crippen MR) is 114 cm³/mol. The number of amides is 2. The molecular weight excluding hydrogens is 406 g/mol. The number of anilines is 1. The van der Waals surface area contributed by atoms with Gasteiger partial charge in [-0.15, -0.1) is 0 Å². The number of carbonyl (C=O) groups excluding carboxylic acids is 1. The summed E-state index contributed by atoms with van der Waals surface area (Å²) in [6.07, 6.45) is 5.48. The molecule has 1 N–H and O–H groups in total. The Morgan fingerprint density at radius 1 is 1.17 bits per heavy atom. The fraction of sp³-hybridized carbons (Fsp3) is 0.500. The smallest absolute Gasteiger partial charge is 0.321 e. The number of carbonyl (C=O) groups is 1. The van der Waals surface area contributed by atoms with Crippen molar-refractivity contribution in [1.82, 2.24) is 19.0 Å². The number of unbranched alkanes of at least 4 members (excludes halogenated alkanes) is 1. The maximum Gasteiger partial charge on any atom is 0.321 e. The van der Waals surface area contributed by atoms with Crippen LogP contribution in [0.2, 0.25) is 0 Å². The van der Waals surface area contributed by atoms with Crippen LogP contribution < -0.4 is 10.1 Å².